The maximum atomic E-state index is 13.1. The fourth-order valence-corrected chi connectivity index (χ4v) is 0.812. The molecule has 0 aliphatic rings. The highest BCUT2D eigenvalue weighted by Gasteiger charge is 2.15. The van der Waals surface area contributed by atoms with Gasteiger partial charge in [-0.15, -0.1) is 0 Å². The van der Waals surface area contributed by atoms with Gasteiger partial charge in [-0.3, -0.25) is 0 Å². The van der Waals surface area contributed by atoms with Crippen molar-refractivity contribution in [3.63, 3.8) is 0 Å². The first-order valence-corrected chi connectivity index (χ1v) is 4.10. The Morgan fingerprint density at radius 2 is 2.00 bits per heavy atom. The van der Waals surface area contributed by atoms with Crippen molar-refractivity contribution in [1.29, 1.82) is 0 Å². The fourth-order valence-electron chi connectivity index (χ4n) is 0.812. The molecule has 0 saturated carbocycles. The Labute approximate surface area is 84.9 Å². The minimum atomic E-state index is -0.959. The number of phenols is 2. The molecule has 0 spiro atoms. The molecule has 0 bridgehead atoms. The van der Waals surface area contributed by atoms with Gasteiger partial charge < -0.3 is 20.7 Å². The molecule has 0 radical (unpaired) electrons. The normalized spacial score (nSPS) is 12.2. The summed E-state index contributed by atoms with van der Waals surface area (Å²) in [5.41, 5.74) is 5.19. The highest BCUT2D eigenvalue weighted by Crippen LogP contribution is 2.31. The number of halogens is 1. The smallest absolute Gasteiger partial charge is 0.328 e. The van der Waals surface area contributed by atoms with E-state index in [9.17, 15) is 9.18 Å². The molecule has 0 aliphatic carbocycles. The molecular formula is C9H10FNO4. The number of benzene rings is 1. The quantitative estimate of drug-likeness (QED) is 0.379. The molecule has 15 heavy (non-hydrogen) atoms. The summed E-state index contributed by atoms with van der Waals surface area (Å²) in [6.07, 6.45) is 0. The standard InChI is InChI=1S/C9H10FNO4/c1-4(11)9(14)15-8-3-7(13)6(12)2-5(8)10/h2-4,12-13H,11H2,1H3/t4-/m0/s1. The molecule has 0 aromatic heterocycles. The Hall–Kier alpha value is -1.82. The van der Waals surface area contributed by atoms with Gasteiger partial charge in [0, 0.05) is 12.1 Å². The van der Waals surface area contributed by atoms with Gasteiger partial charge in [0.25, 0.3) is 0 Å². The zero-order valence-corrected chi connectivity index (χ0v) is 7.90. The topological polar surface area (TPSA) is 92.8 Å². The van der Waals surface area contributed by atoms with Crippen LogP contribution in [0.15, 0.2) is 12.1 Å². The first-order chi connectivity index (χ1) is 6.91. The summed E-state index contributed by atoms with van der Waals surface area (Å²) >= 11 is 0. The Balaban J connectivity index is 2.96. The Morgan fingerprint density at radius 3 is 2.53 bits per heavy atom. The minimum absolute atomic E-state index is 0.479. The summed E-state index contributed by atoms with van der Waals surface area (Å²) in [5, 5.41) is 17.9. The molecule has 6 heteroatoms. The van der Waals surface area contributed by atoms with E-state index in [1.165, 1.54) is 6.92 Å². The number of aromatic hydroxyl groups is 2. The number of ether oxygens (including phenoxy) is 1. The van der Waals surface area contributed by atoms with E-state index in [4.69, 9.17) is 15.9 Å². The van der Waals surface area contributed by atoms with Crippen molar-refractivity contribution < 1.29 is 24.1 Å². The van der Waals surface area contributed by atoms with Crippen LogP contribution in [0.25, 0.3) is 0 Å². The van der Waals surface area contributed by atoms with Crippen LogP contribution < -0.4 is 10.5 Å². The van der Waals surface area contributed by atoms with Crippen molar-refractivity contribution >= 4 is 5.97 Å². The van der Waals surface area contributed by atoms with E-state index in [0.29, 0.717) is 6.07 Å². The maximum absolute atomic E-state index is 13.1. The largest absolute Gasteiger partial charge is 0.504 e. The fraction of sp³-hybridized carbons (Fsp3) is 0.222. The van der Waals surface area contributed by atoms with E-state index in [0.717, 1.165) is 6.07 Å². The van der Waals surface area contributed by atoms with Gasteiger partial charge in [0.2, 0.25) is 0 Å². The second-order valence-electron chi connectivity index (χ2n) is 2.98. The molecule has 0 unspecified atom stereocenters. The zero-order chi connectivity index (χ0) is 11.6. The summed E-state index contributed by atoms with van der Waals surface area (Å²) in [4.78, 5) is 11.0. The van der Waals surface area contributed by atoms with Crippen LogP contribution in [0, 0.1) is 5.82 Å². The molecule has 0 heterocycles. The third-order valence-corrected chi connectivity index (χ3v) is 1.61. The van der Waals surface area contributed by atoms with Crippen molar-refractivity contribution in [2.75, 3.05) is 0 Å². The van der Waals surface area contributed by atoms with Crippen LogP contribution in [0.2, 0.25) is 0 Å². The first kappa shape index (κ1) is 11.3. The third-order valence-electron chi connectivity index (χ3n) is 1.61. The van der Waals surface area contributed by atoms with Crippen LogP contribution in [0.1, 0.15) is 6.92 Å². The maximum Gasteiger partial charge on any atom is 0.328 e. The predicted molar refractivity (Wildman–Crippen MR) is 49.0 cm³/mol. The van der Waals surface area contributed by atoms with Crippen LogP contribution in [0.4, 0.5) is 4.39 Å². The predicted octanol–water partition coefficient (Wildman–Crippen LogP) is 0.489. The lowest BCUT2D eigenvalue weighted by Gasteiger charge is -2.08. The van der Waals surface area contributed by atoms with Gasteiger partial charge in [0.15, 0.2) is 23.1 Å². The molecule has 0 fully saturated rings. The SMILES string of the molecule is C[C@H](N)C(=O)Oc1cc(O)c(O)cc1F. The van der Waals surface area contributed by atoms with E-state index in [-0.39, 0.29) is 0 Å². The van der Waals surface area contributed by atoms with E-state index in [2.05, 4.69) is 4.74 Å². The molecule has 0 aliphatic heterocycles. The number of hydrogen-bond donors (Lipinski definition) is 3. The highest BCUT2D eigenvalue weighted by molar-refractivity contribution is 5.77. The molecule has 1 aromatic rings. The van der Waals surface area contributed by atoms with Gasteiger partial charge in [-0.25, -0.2) is 9.18 Å². The van der Waals surface area contributed by atoms with E-state index in [1.54, 1.807) is 0 Å². The Kier molecular flexibility index (Phi) is 3.11. The van der Waals surface area contributed by atoms with Crippen LogP contribution >= 0.6 is 0 Å². The van der Waals surface area contributed by atoms with Gasteiger partial charge >= 0.3 is 5.97 Å². The van der Waals surface area contributed by atoms with Crippen LogP contribution in [-0.2, 0) is 4.79 Å². The third kappa shape index (κ3) is 2.57. The number of phenolic OH excluding ortho intramolecular Hbond substituents is 2. The van der Waals surface area contributed by atoms with Crippen LogP contribution in [-0.4, -0.2) is 22.2 Å². The molecule has 82 valence electrons. The molecule has 1 rings (SSSR count). The summed E-state index contributed by atoms with van der Waals surface area (Å²) < 4.78 is 17.6. The van der Waals surface area contributed by atoms with E-state index >= 15 is 0 Å². The Bertz CT molecular complexity index is 392. The number of esters is 1. The first-order valence-electron chi connectivity index (χ1n) is 4.10. The monoisotopic (exact) mass is 215 g/mol. The van der Waals surface area contributed by atoms with Gasteiger partial charge in [0.1, 0.15) is 6.04 Å². The molecule has 1 atom stereocenters. The zero-order valence-electron chi connectivity index (χ0n) is 7.90. The van der Waals surface area contributed by atoms with Crippen molar-refractivity contribution in [2.24, 2.45) is 5.73 Å². The molecule has 1 aromatic carbocycles. The van der Waals surface area contributed by atoms with Gasteiger partial charge in [-0.1, -0.05) is 0 Å². The summed E-state index contributed by atoms with van der Waals surface area (Å²) in [5.74, 6) is -3.48. The Morgan fingerprint density at radius 1 is 1.47 bits per heavy atom. The van der Waals surface area contributed by atoms with E-state index < -0.39 is 35.1 Å². The van der Waals surface area contributed by atoms with Gasteiger partial charge in [0.05, 0.1) is 0 Å². The number of hydrogen-bond acceptors (Lipinski definition) is 5. The van der Waals surface area contributed by atoms with Crippen LogP contribution in [0.5, 0.6) is 17.2 Å². The molecule has 0 amide bonds. The highest BCUT2D eigenvalue weighted by atomic mass is 19.1. The number of nitrogens with two attached hydrogens (primary N) is 1. The lowest BCUT2D eigenvalue weighted by molar-refractivity contribution is -0.135. The second kappa shape index (κ2) is 4.14. The van der Waals surface area contributed by atoms with Crippen molar-refractivity contribution in [2.45, 2.75) is 13.0 Å². The van der Waals surface area contributed by atoms with Crippen molar-refractivity contribution in [1.82, 2.24) is 0 Å². The van der Waals surface area contributed by atoms with Gasteiger partial charge in [-0.05, 0) is 6.92 Å². The van der Waals surface area contributed by atoms with Crippen molar-refractivity contribution in [3.8, 4) is 17.2 Å². The molecule has 5 nitrogen and oxygen atoms in total. The summed E-state index contributed by atoms with van der Waals surface area (Å²) in [7, 11) is 0. The number of carbonyl (C=O) groups is 1. The summed E-state index contributed by atoms with van der Waals surface area (Å²) in [6.45, 7) is 1.38. The average Bonchev–Trinajstić information content (AvgIpc) is 2.13. The molecular weight excluding hydrogens is 205 g/mol. The number of rotatable bonds is 2. The van der Waals surface area contributed by atoms with Crippen molar-refractivity contribution in [3.05, 3.63) is 17.9 Å². The summed E-state index contributed by atoms with van der Waals surface area (Å²) in [6, 6.07) is 0.532. The average molecular weight is 215 g/mol. The lowest BCUT2D eigenvalue weighted by atomic mass is 10.3. The molecule has 4 N–H and O–H groups in total. The molecule has 0 saturated heterocycles. The number of carbonyl (C=O) groups excluding carboxylic acids is 1. The minimum Gasteiger partial charge on any atom is -0.504 e. The second-order valence-corrected chi connectivity index (χ2v) is 2.98. The van der Waals surface area contributed by atoms with Crippen LogP contribution in [0.3, 0.4) is 0 Å². The van der Waals surface area contributed by atoms with E-state index in [1.807, 2.05) is 0 Å². The lowest BCUT2D eigenvalue weighted by Crippen LogP contribution is -2.31. The van der Waals surface area contributed by atoms with Gasteiger partial charge in [-0.2, -0.15) is 0 Å².